The number of nitrogens with zero attached hydrogens (tertiary/aromatic N) is 2. The van der Waals surface area contributed by atoms with Gasteiger partial charge in [-0.1, -0.05) is 12.1 Å². The molecule has 0 amide bonds. The first kappa shape index (κ1) is 13.7. The maximum absolute atomic E-state index is 11.9. The lowest BCUT2D eigenvalue weighted by Gasteiger charge is -2.07. The van der Waals surface area contributed by atoms with E-state index in [-0.39, 0.29) is 12.6 Å². The Bertz CT molecular complexity index is 811. The predicted molar refractivity (Wildman–Crippen MR) is 82.5 cm³/mol. The van der Waals surface area contributed by atoms with Crippen molar-refractivity contribution in [3.8, 4) is 0 Å². The number of para-hydroxylation sites is 2. The molecule has 0 saturated carbocycles. The van der Waals surface area contributed by atoms with Crippen molar-refractivity contribution in [2.24, 2.45) is 0 Å². The lowest BCUT2D eigenvalue weighted by molar-refractivity contribution is 0.0473. The van der Waals surface area contributed by atoms with Crippen LogP contribution in [0.2, 0.25) is 0 Å². The molecule has 0 atom stereocenters. The van der Waals surface area contributed by atoms with Crippen LogP contribution in [-0.4, -0.2) is 15.9 Å². The highest BCUT2D eigenvalue weighted by Crippen LogP contribution is 2.18. The van der Waals surface area contributed by atoms with E-state index in [0.29, 0.717) is 10.6 Å². The van der Waals surface area contributed by atoms with Gasteiger partial charge in [0.1, 0.15) is 11.5 Å². The minimum Gasteiger partial charge on any atom is -0.455 e. The van der Waals surface area contributed by atoms with E-state index in [1.807, 2.05) is 44.2 Å². The van der Waals surface area contributed by atoms with E-state index in [0.717, 1.165) is 21.6 Å². The number of esters is 1. The average molecular weight is 298 g/mol. The van der Waals surface area contributed by atoms with Gasteiger partial charge in [0.2, 0.25) is 0 Å². The molecule has 0 radical (unpaired) electrons. The third kappa shape index (κ3) is 2.92. The van der Waals surface area contributed by atoms with Crippen molar-refractivity contribution in [2.75, 3.05) is 0 Å². The summed E-state index contributed by atoms with van der Waals surface area (Å²) in [5, 5.41) is 0. The van der Waals surface area contributed by atoms with E-state index in [1.54, 1.807) is 6.07 Å². The van der Waals surface area contributed by atoms with E-state index >= 15 is 0 Å². The number of ether oxygens (including phenoxy) is 1. The van der Waals surface area contributed by atoms with Gasteiger partial charge in [-0.25, -0.2) is 14.8 Å². The largest absolute Gasteiger partial charge is 0.455 e. The Kier molecular flexibility index (Phi) is 3.66. The third-order valence-electron chi connectivity index (χ3n) is 3.12. The van der Waals surface area contributed by atoms with Crippen LogP contribution < -0.4 is 0 Å². The summed E-state index contributed by atoms with van der Waals surface area (Å²) in [7, 11) is 0. The Hall–Kier alpha value is -2.27. The predicted octanol–water partition coefficient (Wildman–Crippen LogP) is 3.67. The van der Waals surface area contributed by atoms with Crippen LogP contribution in [0.4, 0.5) is 0 Å². The molecule has 3 aromatic rings. The molecule has 1 aromatic carbocycles. The Balaban J connectivity index is 1.78. The topological polar surface area (TPSA) is 52.1 Å². The number of carbonyl (C=O) groups is 1. The molecule has 0 unspecified atom stereocenters. The van der Waals surface area contributed by atoms with Crippen LogP contribution in [0.25, 0.3) is 11.0 Å². The lowest BCUT2D eigenvalue weighted by Crippen LogP contribution is -2.07. The van der Waals surface area contributed by atoms with Crippen LogP contribution >= 0.6 is 11.3 Å². The molecule has 0 bridgehead atoms. The summed E-state index contributed by atoms with van der Waals surface area (Å²) < 4.78 is 5.33. The third-order valence-corrected chi connectivity index (χ3v) is 4.11. The molecule has 0 aliphatic carbocycles. The Labute approximate surface area is 126 Å². The van der Waals surface area contributed by atoms with Gasteiger partial charge in [0.05, 0.1) is 22.4 Å². The Morgan fingerprint density at radius 3 is 2.48 bits per heavy atom. The molecule has 5 heteroatoms. The van der Waals surface area contributed by atoms with Gasteiger partial charge in [-0.2, -0.15) is 0 Å². The van der Waals surface area contributed by atoms with Gasteiger partial charge in [0, 0.05) is 4.88 Å². The molecule has 0 fully saturated rings. The highest BCUT2D eigenvalue weighted by Gasteiger charge is 2.12. The van der Waals surface area contributed by atoms with Gasteiger partial charge in [-0.05, 0) is 38.1 Å². The van der Waals surface area contributed by atoms with Crippen molar-refractivity contribution in [3.63, 3.8) is 0 Å². The second-order valence-electron chi connectivity index (χ2n) is 4.73. The fourth-order valence-corrected chi connectivity index (χ4v) is 2.77. The van der Waals surface area contributed by atoms with Crippen molar-refractivity contribution in [3.05, 3.63) is 57.5 Å². The molecule has 4 nitrogen and oxygen atoms in total. The number of aromatic nitrogens is 2. The first-order valence-corrected chi connectivity index (χ1v) is 7.41. The highest BCUT2D eigenvalue weighted by atomic mass is 32.1. The maximum atomic E-state index is 11.9. The van der Waals surface area contributed by atoms with Crippen molar-refractivity contribution < 1.29 is 9.53 Å². The SMILES string of the molecule is Cc1ccc(C(=O)OCc2nc3ccccc3nc2C)s1. The number of hydrogen-bond donors (Lipinski definition) is 0. The van der Waals surface area contributed by atoms with Crippen molar-refractivity contribution >= 4 is 28.3 Å². The molecular weight excluding hydrogens is 284 g/mol. The van der Waals surface area contributed by atoms with E-state index in [2.05, 4.69) is 9.97 Å². The van der Waals surface area contributed by atoms with E-state index in [1.165, 1.54) is 11.3 Å². The summed E-state index contributed by atoms with van der Waals surface area (Å²) in [6, 6.07) is 11.3. The Morgan fingerprint density at radius 1 is 1.10 bits per heavy atom. The molecular formula is C16H14N2O2S. The molecule has 0 aliphatic rings. The van der Waals surface area contributed by atoms with Crippen molar-refractivity contribution in [1.82, 2.24) is 9.97 Å². The number of rotatable bonds is 3. The van der Waals surface area contributed by atoms with E-state index in [9.17, 15) is 4.79 Å². The molecule has 106 valence electrons. The monoisotopic (exact) mass is 298 g/mol. The molecule has 21 heavy (non-hydrogen) atoms. The van der Waals surface area contributed by atoms with Gasteiger partial charge in [0.15, 0.2) is 0 Å². The molecule has 2 aromatic heterocycles. The smallest absolute Gasteiger partial charge is 0.348 e. The van der Waals surface area contributed by atoms with Crippen LogP contribution in [0, 0.1) is 13.8 Å². The van der Waals surface area contributed by atoms with Crippen LogP contribution in [-0.2, 0) is 11.3 Å². The van der Waals surface area contributed by atoms with Crippen LogP contribution in [0.5, 0.6) is 0 Å². The number of aryl methyl sites for hydroxylation is 2. The fraction of sp³-hybridized carbons (Fsp3) is 0.188. The molecule has 2 heterocycles. The summed E-state index contributed by atoms with van der Waals surface area (Å²) in [4.78, 5) is 22.6. The first-order valence-electron chi connectivity index (χ1n) is 6.59. The summed E-state index contributed by atoms with van der Waals surface area (Å²) in [6.45, 7) is 3.97. The molecule has 0 N–H and O–H groups in total. The fourth-order valence-electron chi connectivity index (χ4n) is 2.01. The summed E-state index contributed by atoms with van der Waals surface area (Å²) >= 11 is 1.43. The molecule has 0 saturated heterocycles. The summed E-state index contributed by atoms with van der Waals surface area (Å²) in [6.07, 6.45) is 0. The van der Waals surface area contributed by atoms with Crippen LogP contribution in [0.1, 0.15) is 25.9 Å². The number of thiophene rings is 1. The number of fused-ring (bicyclic) bond motifs is 1. The van der Waals surface area contributed by atoms with Gasteiger partial charge < -0.3 is 4.74 Å². The lowest BCUT2D eigenvalue weighted by atomic mass is 10.2. The second kappa shape index (κ2) is 5.61. The van der Waals surface area contributed by atoms with E-state index in [4.69, 9.17) is 4.74 Å². The highest BCUT2D eigenvalue weighted by molar-refractivity contribution is 7.13. The normalized spacial score (nSPS) is 10.8. The summed E-state index contributed by atoms with van der Waals surface area (Å²) in [5.41, 5.74) is 3.12. The van der Waals surface area contributed by atoms with Gasteiger partial charge in [-0.15, -0.1) is 11.3 Å². The Morgan fingerprint density at radius 2 is 1.81 bits per heavy atom. The minimum absolute atomic E-state index is 0.138. The summed E-state index contributed by atoms with van der Waals surface area (Å²) in [5.74, 6) is -0.317. The van der Waals surface area contributed by atoms with Gasteiger partial charge in [-0.3, -0.25) is 0 Å². The maximum Gasteiger partial charge on any atom is 0.348 e. The van der Waals surface area contributed by atoms with Crippen LogP contribution in [0.3, 0.4) is 0 Å². The van der Waals surface area contributed by atoms with Gasteiger partial charge in [0.25, 0.3) is 0 Å². The number of benzene rings is 1. The first-order chi connectivity index (χ1) is 10.1. The molecule has 0 spiro atoms. The second-order valence-corrected chi connectivity index (χ2v) is 6.02. The zero-order valence-electron chi connectivity index (χ0n) is 11.8. The zero-order valence-corrected chi connectivity index (χ0v) is 12.6. The average Bonchev–Trinajstić information content (AvgIpc) is 2.91. The van der Waals surface area contributed by atoms with E-state index < -0.39 is 0 Å². The quantitative estimate of drug-likeness (QED) is 0.692. The number of carbonyl (C=O) groups excluding carboxylic acids is 1. The van der Waals surface area contributed by atoms with Gasteiger partial charge >= 0.3 is 5.97 Å². The van der Waals surface area contributed by atoms with Crippen LogP contribution in [0.15, 0.2) is 36.4 Å². The minimum atomic E-state index is -0.317. The van der Waals surface area contributed by atoms with Crippen molar-refractivity contribution in [1.29, 1.82) is 0 Å². The molecule has 3 rings (SSSR count). The molecule has 0 aliphatic heterocycles. The zero-order chi connectivity index (χ0) is 14.8. The standard InChI is InChI=1S/C16H14N2O2S/c1-10-7-8-15(21-10)16(19)20-9-14-11(2)17-12-5-3-4-6-13(12)18-14/h3-8H,9H2,1-2H3. The van der Waals surface area contributed by atoms with Crippen molar-refractivity contribution in [2.45, 2.75) is 20.5 Å². The number of hydrogen-bond acceptors (Lipinski definition) is 5.